The summed E-state index contributed by atoms with van der Waals surface area (Å²) >= 11 is 0. The van der Waals surface area contributed by atoms with Crippen molar-refractivity contribution < 1.29 is 13.5 Å². The van der Waals surface area contributed by atoms with E-state index >= 15 is 0 Å². The lowest BCUT2D eigenvalue weighted by Gasteiger charge is -2.22. The topological polar surface area (TPSA) is 75.4 Å². The van der Waals surface area contributed by atoms with Crippen LogP contribution in [0.5, 0.6) is 0 Å². The Hall–Kier alpha value is -0.920. The second kappa shape index (κ2) is 4.64. The molecule has 2 rings (SSSR count). The number of aliphatic hydroxyl groups is 1. The van der Waals surface area contributed by atoms with Gasteiger partial charge >= 0.3 is 0 Å². The van der Waals surface area contributed by atoms with Crippen molar-refractivity contribution in [2.75, 3.05) is 13.2 Å². The van der Waals surface area contributed by atoms with Crippen LogP contribution in [0.3, 0.4) is 0 Å². The third-order valence-corrected chi connectivity index (χ3v) is 5.75. The van der Waals surface area contributed by atoms with Gasteiger partial charge < -0.3 is 5.11 Å². The predicted octanol–water partition coefficient (Wildman–Crippen LogP) is 0.182. The number of hydrogen-bond acceptors (Lipinski definition) is 4. The van der Waals surface area contributed by atoms with Crippen LogP contribution in [0.4, 0.5) is 0 Å². The molecule has 1 aliphatic heterocycles. The molecular weight excluding hydrogens is 254 g/mol. The molecule has 0 amide bonds. The van der Waals surface area contributed by atoms with Gasteiger partial charge in [0.2, 0.25) is 10.0 Å². The fourth-order valence-corrected chi connectivity index (χ4v) is 4.64. The van der Waals surface area contributed by atoms with Crippen LogP contribution in [-0.2, 0) is 17.1 Å². The number of hydrogen-bond donors (Lipinski definition) is 1. The van der Waals surface area contributed by atoms with Crippen LogP contribution in [-0.4, -0.2) is 46.8 Å². The minimum atomic E-state index is -3.55. The summed E-state index contributed by atoms with van der Waals surface area (Å²) in [7, 11) is -1.82. The zero-order valence-corrected chi connectivity index (χ0v) is 11.7. The Balaban J connectivity index is 2.48. The molecule has 1 aromatic rings. The van der Waals surface area contributed by atoms with Crippen LogP contribution in [0.15, 0.2) is 4.90 Å². The Morgan fingerprint density at radius 3 is 2.61 bits per heavy atom. The molecule has 1 aliphatic rings. The number of sulfonamides is 1. The highest BCUT2D eigenvalue weighted by Gasteiger charge is 2.37. The van der Waals surface area contributed by atoms with Gasteiger partial charge in [0.25, 0.3) is 0 Å². The van der Waals surface area contributed by atoms with Crippen LogP contribution in [0, 0.1) is 13.8 Å². The third-order valence-electron chi connectivity index (χ3n) is 3.54. The van der Waals surface area contributed by atoms with Gasteiger partial charge in [-0.05, 0) is 26.7 Å². The van der Waals surface area contributed by atoms with Crippen molar-refractivity contribution in [2.45, 2.75) is 37.6 Å². The molecule has 1 aromatic heterocycles. The summed E-state index contributed by atoms with van der Waals surface area (Å²) in [6.07, 6.45) is 1.51. The van der Waals surface area contributed by atoms with E-state index in [2.05, 4.69) is 5.10 Å². The first kappa shape index (κ1) is 13.5. The highest BCUT2D eigenvalue weighted by Crippen LogP contribution is 2.29. The largest absolute Gasteiger partial charge is 0.395 e. The maximum absolute atomic E-state index is 12.6. The van der Waals surface area contributed by atoms with Crippen LogP contribution in [0.1, 0.15) is 24.2 Å². The summed E-state index contributed by atoms with van der Waals surface area (Å²) in [6, 6.07) is -0.297. The van der Waals surface area contributed by atoms with Crippen molar-refractivity contribution in [1.82, 2.24) is 14.1 Å². The Morgan fingerprint density at radius 1 is 1.44 bits per heavy atom. The van der Waals surface area contributed by atoms with E-state index in [-0.39, 0.29) is 17.5 Å². The smallest absolute Gasteiger partial charge is 0.247 e. The molecule has 1 unspecified atom stereocenters. The van der Waals surface area contributed by atoms with Gasteiger partial charge in [-0.2, -0.15) is 9.40 Å². The fourth-order valence-electron chi connectivity index (χ4n) is 2.55. The molecule has 0 aliphatic carbocycles. The molecule has 0 aromatic carbocycles. The summed E-state index contributed by atoms with van der Waals surface area (Å²) in [5, 5.41) is 13.4. The van der Waals surface area contributed by atoms with Gasteiger partial charge in [-0.15, -0.1) is 0 Å². The van der Waals surface area contributed by atoms with E-state index in [0.717, 1.165) is 6.42 Å². The zero-order chi connectivity index (χ0) is 13.5. The Morgan fingerprint density at radius 2 is 2.11 bits per heavy atom. The first-order valence-electron chi connectivity index (χ1n) is 6.02. The summed E-state index contributed by atoms with van der Waals surface area (Å²) in [6.45, 7) is 3.79. The van der Waals surface area contributed by atoms with Gasteiger partial charge in [0.05, 0.1) is 18.0 Å². The molecule has 1 atom stereocenters. The average molecular weight is 273 g/mol. The van der Waals surface area contributed by atoms with Gasteiger partial charge in [-0.1, -0.05) is 0 Å². The van der Waals surface area contributed by atoms with E-state index in [4.69, 9.17) is 0 Å². The molecule has 2 heterocycles. The molecular formula is C11H19N3O3S. The van der Waals surface area contributed by atoms with Gasteiger partial charge in [0.15, 0.2) is 0 Å². The molecule has 18 heavy (non-hydrogen) atoms. The standard InChI is InChI=1S/C11H19N3O3S/c1-8-11(9(2)13(3)12-8)18(16,17)14-6-4-5-10(14)7-15/h10,15H,4-7H2,1-3H3. The fraction of sp³-hybridized carbons (Fsp3) is 0.727. The molecule has 1 saturated heterocycles. The van der Waals surface area contributed by atoms with Crippen molar-refractivity contribution in [3.63, 3.8) is 0 Å². The highest BCUT2D eigenvalue weighted by atomic mass is 32.2. The first-order valence-corrected chi connectivity index (χ1v) is 7.46. The SMILES string of the molecule is Cc1nn(C)c(C)c1S(=O)(=O)N1CCCC1CO. The molecule has 102 valence electrons. The second-order valence-corrected chi connectivity index (χ2v) is 6.55. The van der Waals surface area contributed by atoms with Gasteiger partial charge in [0, 0.05) is 19.6 Å². The summed E-state index contributed by atoms with van der Waals surface area (Å²) < 4.78 is 28.2. The molecule has 7 heteroatoms. The maximum atomic E-state index is 12.6. The molecule has 1 N–H and O–H groups in total. The lowest BCUT2D eigenvalue weighted by atomic mass is 10.2. The van der Waals surface area contributed by atoms with E-state index in [1.54, 1.807) is 25.6 Å². The van der Waals surface area contributed by atoms with E-state index in [9.17, 15) is 13.5 Å². The second-order valence-electron chi connectivity index (χ2n) is 4.72. The predicted molar refractivity (Wildman–Crippen MR) is 66.7 cm³/mol. The van der Waals surface area contributed by atoms with E-state index in [1.807, 2.05) is 0 Å². The summed E-state index contributed by atoms with van der Waals surface area (Å²) in [4.78, 5) is 0.283. The highest BCUT2D eigenvalue weighted by molar-refractivity contribution is 7.89. The quantitative estimate of drug-likeness (QED) is 0.852. The van der Waals surface area contributed by atoms with Crippen molar-refractivity contribution in [2.24, 2.45) is 7.05 Å². The molecule has 0 bridgehead atoms. The van der Waals surface area contributed by atoms with Crippen molar-refractivity contribution in [1.29, 1.82) is 0 Å². The summed E-state index contributed by atoms with van der Waals surface area (Å²) in [5.74, 6) is 0. The lowest BCUT2D eigenvalue weighted by molar-refractivity contribution is 0.213. The zero-order valence-electron chi connectivity index (χ0n) is 10.9. The van der Waals surface area contributed by atoms with Crippen LogP contribution in [0.25, 0.3) is 0 Å². The van der Waals surface area contributed by atoms with Crippen LogP contribution in [0.2, 0.25) is 0 Å². The summed E-state index contributed by atoms with van der Waals surface area (Å²) in [5.41, 5.74) is 1.15. The molecule has 0 saturated carbocycles. The number of rotatable bonds is 3. The maximum Gasteiger partial charge on any atom is 0.247 e. The van der Waals surface area contributed by atoms with Gasteiger partial charge in [0.1, 0.15) is 4.90 Å². The minimum absolute atomic E-state index is 0.127. The molecule has 6 nitrogen and oxygen atoms in total. The van der Waals surface area contributed by atoms with Crippen LogP contribution < -0.4 is 0 Å². The number of aromatic nitrogens is 2. The molecule has 0 radical (unpaired) electrons. The Labute approximate surface area is 107 Å². The van der Waals surface area contributed by atoms with Gasteiger partial charge in [-0.3, -0.25) is 4.68 Å². The lowest BCUT2D eigenvalue weighted by Crippen LogP contribution is -2.38. The van der Waals surface area contributed by atoms with Crippen molar-refractivity contribution in [3.8, 4) is 0 Å². The van der Waals surface area contributed by atoms with Gasteiger partial charge in [-0.25, -0.2) is 8.42 Å². The molecule has 0 spiro atoms. The van der Waals surface area contributed by atoms with E-state index in [0.29, 0.717) is 24.4 Å². The third kappa shape index (κ3) is 1.96. The number of aliphatic hydroxyl groups excluding tert-OH is 1. The van der Waals surface area contributed by atoms with E-state index < -0.39 is 10.0 Å². The number of nitrogens with zero attached hydrogens (tertiary/aromatic N) is 3. The molecule has 1 fully saturated rings. The minimum Gasteiger partial charge on any atom is -0.395 e. The Kier molecular flexibility index (Phi) is 3.48. The normalized spacial score (nSPS) is 21.7. The average Bonchev–Trinajstić information content (AvgIpc) is 2.85. The monoisotopic (exact) mass is 273 g/mol. The van der Waals surface area contributed by atoms with Crippen molar-refractivity contribution in [3.05, 3.63) is 11.4 Å². The first-order chi connectivity index (χ1) is 8.39. The van der Waals surface area contributed by atoms with Crippen molar-refractivity contribution >= 4 is 10.0 Å². The van der Waals surface area contributed by atoms with Crippen LogP contribution >= 0.6 is 0 Å². The Bertz CT molecular complexity index is 550. The van der Waals surface area contributed by atoms with E-state index in [1.165, 1.54) is 4.31 Å². The number of aryl methyl sites for hydroxylation is 2.